The smallest absolute Gasteiger partial charge is 0.148 e. The Morgan fingerprint density at radius 1 is 0.957 bits per heavy atom. The zero-order valence-corrected chi connectivity index (χ0v) is 13.4. The molecule has 0 atom stereocenters. The molecule has 0 fully saturated rings. The van der Waals surface area contributed by atoms with Crippen molar-refractivity contribution in [1.29, 1.82) is 0 Å². The molecule has 4 heteroatoms. The molecule has 3 aromatic rings. The van der Waals surface area contributed by atoms with Gasteiger partial charge in [0.2, 0.25) is 0 Å². The molecule has 116 valence electrons. The second-order valence-electron chi connectivity index (χ2n) is 5.33. The molecule has 0 spiro atoms. The molecule has 0 saturated carbocycles. The number of anilines is 3. The lowest BCUT2D eigenvalue weighted by molar-refractivity contribution is 0.632. The quantitative estimate of drug-likeness (QED) is 0.599. The predicted molar refractivity (Wildman–Crippen MR) is 95.7 cm³/mol. The highest BCUT2D eigenvalue weighted by atomic mass is 35.5. The molecule has 0 saturated heterocycles. The summed E-state index contributed by atoms with van der Waals surface area (Å²) in [5, 5.41) is 3.58. The maximum absolute atomic E-state index is 13.9. The molecular formula is C19H16ClFN2. The molecule has 0 radical (unpaired) electrons. The van der Waals surface area contributed by atoms with Gasteiger partial charge in [0.05, 0.1) is 10.7 Å². The van der Waals surface area contributed by atoms with Gasteiger partial charge in [-0.25, -0.2) is 4.39 Å². The van der Waals surface area contributed by atoms with Crippen LogP contribution in [0.5, 0.6) is 0 Å². The second-order valence-corrected chi connectivity index (χ2v) is 5.70. The largest absolute Gasteiger partial charge is 0.395 e. The fourth-order valence-corrected chi connectivity index (χ4v) is 2.65. The summed E-state index contributed by atoms with van der Waals surface area (Å²) in [6.07, 6.45) is 0. The van der Waals surface area contributed by atoms with E-state index in [-0.39, 0.29) is 10.7 Å². The summed E-state index contributed by atoms with van der Waals surface area (Å²) in [7, 11) is 0. The maximum atomic E-state index is 13.9. The molecule has 2 nitrogen and oxygen atoms in total. The summed E-state index contributed by atoms with van der Waals surface area (Å²) in [4.78, 5) is 0. The average Bonchev–Trinajstić information content (AvgIpc) is 2.58. The lowest BCUT2D eigenvalue weighted by Gasteiger charge is -2.12. The van der Waals surface area contributed by atoms with Gasteiger partial charge >= 0.3 is 0 Å². The lowest BCUT2D eigenvalue weighted by atomic mass is 9.99. The molecular weight excluding hydrogens is 311 g/mol. The SMILES string of the molecule is Cc1c(-c2ccc(Nc3ccccc3)cc2)cc(F)c(N)c1Cl. The highest BCUT2D eigenvalue weighted by Crippen LogP contribution is 2.35. The van der Waals surface area contributed by atoms with Gasteiger partial charge in [-0.05, 0) is 53.9 Å². The normalized spacial score (nSPS) is 10.6. The van der Waals surface area contributed by atoms with Gasteiger partial charge in [0.25, 0.3) is 0 Å². The van der Waals surface area contributed by atoms with E-state index in [4.69, 9.17) is 17.3 Å². The maximum Gasteiger partial charge on any atom is 0.148 e. The van der Waals surface area contributed by atoms with Crippen molar-refractivity contribution in [2.24, 2.45) is 0 Å². The topological polar surface area (TPSA) is 38.0 Å². The van der Waals surface area contributed by atoms with E-state index in [1.54, 1.807) is 0 Å². The van der Waals surface area contributed by atoms with E-state index in [2.05, 4.69) is 5.32 Å². The molecule has 0 aliphatic heterocycles. The van der Waals surface area contributed by atoms with E-state index in [1.165, 1.54) is 6.07 Å². The summed E-state index contributed by atoms with van der Waals surface area (Å²) >= 11 is 6.10. The Kier molecular flexibility index (Phi) is 4.22. The molecule has 0 amide bonds. The Bertz CT molecular complexity index is 830. The minimum Gasteiger partial charge on any atom is -0.395 e. The molecule has 3 aromatic carbocycles. The van der Waals surface area contributed by atoms with Crippen molar-refractivity contribution in [2.75, 3.05) is 11.1 Å². The zero-order valence-electron chi connectivity index (χ0n) is 12.6. The van der Waals surface area contributed by atoms with Crippen LogP contribution in [0.1, 0.15) is 5.56 Å². The molecule has 0 unspecified atom stereocenters. The van der Waals surface area contributed by atoms with Crippen LogP contribution in [-0.4, -0.2) is 0 Å². The number of rotatable bonds is 3. The van der Waals surface area contributed by atoms with Gasteiger partial charge in [0, 0.05) is 11.4 Å². The van der Waals surface area contributed by atoms with Crippen LogP contribution in [0.15, 0.2) is 60.7 Å². The van der Waals surface area contributed by atoms with Crippen LogP contribution in [0.4, 0.5) is 21.5 Å². The van der Waals surface area contributed by atoms with Crippen LogP contribution in [-0.2, 0) is 0 Å². The highest BCUT2D eigenvalue weighted by molar-refractivity contribution is 6.34. The molecule has 3 N–H and O–H groups in total. The average molecular weight is 327 g/mol. The molecule has 23 heavy (non-hydrogen) atoms. The standard InChI is InChI=1S/C19H16ClFN2/c1-12-16(11-17(21)19(22)18(12)20)13-7-9-15(10-8-13)23-14-5-3-2-4-6-14/h2-11,23H,22H2,1H3. The van der Waals surface area contributed by atoms with E-state index in [0.29, 0.717) is 0 Å². The summed E-state index contributed by atoms with van der Waals surface area (Å²) in [6, 6.07) is 19.1. The number of nitrogens with two attached hydrogens (primary N) is 1. The van der Waals surface area contributed by atoms with Crippen molar-refractivity contribution in [2.45, 2.75) is 6.92 Å². The number of hydrogen-bond donors (Lipinski definition) is 2. The fourth-order valence-electron chi connectivity index (χ4n) is 2.46. The lowest BCUT2D eigenvalue weighted by Crippen LogP contribution is -1.96. The van der Waals surface area contributed by atoms with Crippen molar-refractivity contribution < 1.29 is 4.39 Å². The minimum atomic E-state index is -0.498. The van der Waals surface area contributed by atoms with Gasteiger partial charge in [0.1, 0.15) is 5.82 Å². The Labute approximate surface area is 139 Å². The van der Waals surface area contributed by atoms with E-state index in [9.17, 15) is 4.39 Å². The number of para-hydroxylation sites is 1. The fraction of sp³-hybridized carbons (Fsp3) is 0.0526. The summed E-state index contributed by atoms with van der Waals surface area (Å²) in [5.74, 6) is -0.498. The Morgan fingerprint density at radius 2 is 1.57 bits per heavy atom. The van der Waals surface area contributed by atoms with Crippen molar-refractivity contribution >= 4 is 28.7 Å². The summed E-state index contributed by atoms with van der Waals surface area (Å²) in [6.45, 7) is 1.84. The van der Waals surface area contributed by atoms with Crippen LogP contribution in [0.25, 0.3) is 11.1 Å². The third kappa shape index (κ3) is 3.15. The van der Waals surface area contributed by atoms with Crippen LogP contribution in [0, 0.1) is 12.7 Å². The van der Waals surface area contributed by atoms with E-state index in [0.717, 1.165) is 28.1 Å². The second kappa shape index (κ2) is 6.31. The Hall–Kier alpha value is -2.52. The molecule has 0 aliphatic carbocycles. The van der Waals surface area contributed by atoms with E-state index in [1.807, 2.05) is 61.5 Å². The van der Waals surface area contributed by atoms with Gasteiger partial charge in [-0.15, -0.1) is 0 Å². The molecule has 3 rings (SSSR count). The predicted octanol–water partition coefficient (Wildman–Crippen LogP) is 5.78. The van der Waals surface area contributed by atoms with Crippen LogP contribution < -0.4 is 11.1 Å². The third-order valence-electron chi connectivity index (χ3n) is 3.76. The minimum absolute atomic E-state index is 0.00437. The van der Waals surface area contributed by atoms with E-state index >= 15 is 0 Å². The van der Waals surface area contributed by atoms with Gasteiger partial charge < -0.3 is 11.1 Å². The first-order chi connectivity index (χ1) is 11.1. The van der Waals surface area contributed by atoms with Crippen LogP contribution in [0.3, 0.4) is 0 Å². The number of nitrogen functional groups attached to an aromatic ring is 1. The summed E-state index contributed by atoms with van der Waals surface area (Å²) in [5.41, 5.74) is 10.00. The van der Waals surface area contributed by atoms with Crippen LogP contribution in [0.2, 0.25) is 5.02 Å². The third-order valence-corrected chi connectivity index (χ3v) is 4.24. The monoisotopic (exact) mass is 326 g/mol. The summed E-state index contributed by atoms with van der Waals surface area (Å²) < 4.78 is 13.9. The van der Waals surface area contributed by atoms with Crippen molar-refractivity contribution in [3.05, 3.63) is 77.1 Å². The van der Waals surface area contributed by atoms with Crippen molar-refractivity contribution in [3.8, 4) is 11.1 Å². The van der Waals surface area contributed by atoms with Gasteiger partial charge in [-0.1, -0.05) is 41.9 Å². The zero-order chi connectivity index (χ0) is 16.4. The molecule has 0 bridgehead atoms. The molecule has 0 heterocycles. The van der Waals surface area contributed by atoms with Gasteiger partial charge in [0.15, 0.2) is 0 Å². The highest BCUT2D eigenvalue weighted by Gasteiger charge is 2.13. The number of halogens is 2. The van der Waals surface area contributed by atoms with E-state index < -0.39 is 5.82 Å². The number of hydrogen-bond acceptors (Lipinski definition) is 2. The van der Waals surface area contributed by atoms with Crippen molar-refractivity contribution in [3.63, 3.8) is 0 Å². The van der Waals surface area contributed by atoms with Crippen molar-refractivity contribution in [1.82, 2.24) is 0 Å². The number of nitrogens with one attached hydrogen (secondary N) is 1. The Balaban J connectivity index is 1.91. The Morgan fingerprint density at radius 3 is 2.22 bits per heavy atom. The van der Waals surface area contributed by atoms with Gasteiger partial charge in [-0.3, -0.25) is 0 Å². The first-order valence-corrected chi connectivity index (χ1v) is 7.60. The first kappa shape index (κ1) is 15.4. The number of benzene rings is 3. The van der Waals surface area contributed by atoms with Crippen LogP contribution >= 0.6 is 11.6 Å². The molecule has 0 aromatic heterocycles. The van der Waals surface area contributed by atoms with Gasteiger partial charge in [-0.2, -0.15) is 0 Å². The molecule has 0 aliphatic rings. The first-order valence-electron chi connectivity index (χ1n) is 7.23.